The Morgan fingerprint density at radius 2 is 2.38 bits per heavy atom. The van der Waals surface area contributed by atoms with Gasteiger partial charge in [-0.2, -0.15) is 4.79 Å². The molecule has 0 aliphatic heterocycles. The first kappa shape index (κ1) is 5.08. The zero-order valence-corrected chi connectivity index (χ0v) is 4.87. The fourth-order valence-electron chi connectivity index (χ4n) is 0.370. The van der Waals surface area contributed by atoms with E-state index in [-0.39, 0.29) is 0 Å². The molecule has 43 valence electrons. The Morgan fingerprint density at radius 3 is 2.62 bits per heavy atom. The van der Waals surface area contributed by atoms with Gasteiger partial charge in [-0.25, -0.2) is 0 Å². The monoisotopic (exact) mass is 111 g/mol. The summed E-state index contributed by atoms with van der Waals surface area (Å²) in [5, 5.41) is 8.94. The van der Waals surface area contributed by atoms with Gasteiger partial charge in [-0.05, 0) is 5.21 Å². The molecule has 8 heavy (non-hydrogen) atoms. The third-order valence-electron chi connectivity index (χ3n) is 0.777. The predicted octanol–water partition coefficient (Wildman–Crippen LogP) is -0.724. The van der Waals surface area contributed by atoms with Crippen molar-refractivity contribution in [2.45, 2.75) is 0 Å². The minimum atomic E-state index is 1.58. The first-order valence-corrected chi connectivity index (χ1v) is 2.26. The van der Waals surface area contributed by atoms with Crippen LogP contribution in [-0.4, -0.2) is 29.2 Å². The summed E-state index contributed by atoms with van der Waals surface area (Å²) in [5.41, 5.74) is 0. The molecule has 1 rings (SSSR count). The molecule has 1 radical (unpaired) electrons. The van der Waals surface area contributed by atoms with Crippen LogP contribution in [0.2, 0.25) is 0 Å². The average Bonchev–Trinajstić information content (AvgIpc) is 2.12. The number of aromatic nitrogens is 3. The lowest BCUT2D eigenvalue weighted by atomic mass is 10.9. The maximum Gasteiger partial charge on any atom is 0.137 e. The summed E-state index contributed by atoms with van der Waals surface area (Å²) < 4.78 is 0. The second kappa shape index (κ2) is 1.81. The Labute approximate surface area is 47.7 Å². The van der Waals surface area contributed by atoms with Crippen molar-refractivity contribution in [1.29, 1.82) is 0 Å². The summed E-state index contributed by atoms with van der Waals surface area (Å²) in [6.07, 6.45) is 4.22. The third-order valence-corrected chi connectivity index (χ3v) is 0.777. The molecule has 0 aliphatic carbocycles. The molecule has 4 heteroatoms. The number of hydrogen-bond acceptors (Lipinski definition) is 3. The molecule has 1 aromatic rings. The normalized spacial score (nSPS) is 9.25. The van der Waals surface area contributed by atoms with Gasteiger partial charge in [0, 0.05) is 14.1 Å². The predicted molar refractivity (Wildman–Crippen MR) is 28.9 cm³/mol. The van der Waals surface area contributed by atoms with E-state index in [2.05, 4.69) is 16.5 Å². The molecule has 0 aromatic carbocycles. The van der Waals surface area contributed by atoms with Crippen molar-refractivity contribution in [1.82, 2.24) is 15.1 Å². The molecule has 1 heterocycles. The van der Waals surface area contributed by atoms with Gasteiger partial charge in [0.25, 0.3) is 0 Å². The van der Waals surface area contributed by atoms with Gasteiger partial charge in [0.2, 0.25) is 0 Å². The minimum absolute atomic E-state index is 1.58. The van der Waals surface area contributed by atoms with Crippen molar-refractivity contribution in [2.24, 2.45) is 0 Å². The van der Waals surface area contributed by atoms with E-state index in [1.54, 1.807) is 16.0 Å². The van der Waals surface area contributed by atoms with Crippen LogP contribution < -0.4 is 5.01 Å². The zero-order chi connectivity index (χ0) is 5.98. The molecule has 1 aromatic heterocycles. The molecule has 4 nitrogen and oxygen atoms in total. The molecular weight excluding hydrogens is 104 g/mol. The van der Waals surface area contributed by atoms with E-state index in [1.165, 1.54) is 0 Å². The highest BCUT2D eigenvalue weighted by Crippen LogP contribution is 1.74. The van der Waals surface area contributed by atoms with Crippen LogP contribution in [-0.2, 0) is 0 Å². The molecule has 0 N–H and O–H groups in total. The molecular formula is C4H7N4. The maximum absolute atomic E-state index is 3.65. The van der Waals surface area contributed by atoms with Gasteiger partial charge < -0.3 is 5.01 Å². The lowest BCUT2D eigenvalue weighted by Gasteiger charge is -2.08. The van der Waals surface area contributed by atoms with Crippen molar-refractivity contribution >= 4 is 0 Å². The van der Waals surface area contributed by atoms with E-state index in [9.17, 15) is 0 Å². The van der Waals surface area contributed by atoms with Crippen LogP contribution in [0.15, 0.2) is 6.20 Å². The Balaban J connectivity index is 2.77. The van der Waals surface area contributed by atoms with Crippen LogP contribution in [0.1, 0.15) is 0 Å². The molecule has 0 aliphatic rings. The van der Waals surface area contributed by atoms with E-state index in [4.69, 9.17) is 0 Å². The largest absolute Gasteiger partial charge is 0.302 e. The summed E-state index contributed by atoms with van der Waals surface area (Å²) in [6, 6.07) is 0. The van der Waals surface area contributed by atoms with Crippen molar-refractivity contribution in [2.75, 3.05) is 19.1 Å². The maximum atomic E-state index is 3.65. The minimum Gasteiger partial charge on any atom is -0.302 e. The van der Waals surface area contributed by atoms with Crippen LogP contribution in [0.4, 0.5) is 0 Å². The van der Waals surface area contributed by atoms with Crippen molar-refractivity contribution in [3.05, 3.63) is 12.4 Å². The molecule has 0 saturated heterocycles. The highest BCUT2D eigenvalue weighted by atomic mass is 15.7. The lowest BCUT2D eigenvalue weighted by Crippen LogP contribution is -2.25. The van der Waals surface area contributed by atoms with Gasteiger partial charge in [-0.15, -0.1) is 5.10 Å². The summed E-state index contributed by atoms with van der Waals surface area (Å²) in [5.74, 6) is 0. The van der Waals surface area contributed by atoms with Gasteiger partial charge in [-0.1, -0.05) is 0 Å². The van der Waals surface area contributed by atoms with Crippen molar-refractivity contribution in [3.8, 4) is 0 Å². The molecule has 0 bridgehead atoms. The summed E-state index contributed by atoms with van der Waals surface area (Å²) in [6.45, 7) is 0. The number of nitrogens with zero attached hydrogens (tertiary/aromatic N) is 4. The molecule has 0 unspecified atom stereocenters. The second-order valence-electron chi connectivity index (χ2n) is 1.62. The van der Waals surface area contributed by atoms with E-state index >= 15 is 0 Å². The summed E-state index contributed by atoms with van der Waals surface area (Å²) in [7, 11) is 3.76. The quantitative estimate of drug-likeness (QED) is 0.479. The van der Waals surface area contributed by atoms with Gasteiger partial charge in [0.05, 0.1) is 6.20 Å². The van der Waals surface area contributed by atoms with E-state index in [1.807, 2.05) is 14.1 Å². The third kappa shape index (κ3) is 0.776. The van der Waals surface area contributed by atoms with E-state index in [0.717, 1.165) is 0 Å². The first-order chi connectivity index (χ1) is 3.80. The fraction of sp³-hybridized carbons (Fsp3) is 0.500. The Morgan fingerprint density at radius 1 is 1.62 bits per heavy atom. The van der Waals surface area contributed by atoms with Crippen LogP contribution in [0.3, 0.4) is 0 Å². The van der Waals surface area contributed by atoms with Gasteiger partial charge in [0.15, 0.2) is 0 Å². The van der Waals surface area contributed by atoms with Crippen LogP contribution >= 0.6 is 0 Å². The summed E-state index contributed by atoms with van der Waals surface area (Å²) in [4.78, 5) is 1.58. The SMILES string of the molecule is CN(C)n1c[c]nn1. The summed E-state index contributed by atoms with van der Waals surface area (Å²) >= 11 is 0. The Kier molecular flexibility index (Phi) is 1.15. The smallest absolute Gasteiger partial charge is 0.137 e. The van der Waals surface area contributed by atoms with Crippen LogP contribution in [0.25, 0.3) is 0 Å². The molecule has 0 spiro atoms. The average molecular weight is 111 g/mol. The van der Waals surface area contributed by atoms with Crippen LogP contribution in [0.5, 0.6) is 0 Å². The first-order valence-electron chi connectivity index (χ1n) is 2.26. The van der Waals surface area contributed by atoms with Crippen molar-refractivity contribution in [3.63, 3.8) is 0 Å². The van der Waals surface area contributed by atoms with Crippen molar-refractivity contribution < 1.29 is 0 Å². The Hall–Kier alpha value is -1.06. The standard InChI is InChI=1S/C4H7N4/c1-7(2)8-4-3-5-6-8/h4H,1-2H3. The van der Waals surface area contributed by atoms with Gasteiger partial charge >= 0.3 is 0 Å². The highest BCUT2D eigenvalue weighted by Gasteiger charge is 1.87. The number of hydrogen-bond donors (Lipinski definition) is 0. The number of rotatable bonds is 1. The molecule has 0 saturated carbocycles. The molecule has 0 amide bonds. The van der Waals surface area contributed by atoms with E-state index in [0.29, 0.717) is 0 Å². The highest BCUT2D eigenvalue weighted by molar-refractivity contribution is 4.70. The topological polar surface area (TPSA) is 34.0 Å². The zero-order valence-electron chi connectivity index (χ0n) is 4.87. The van der Waals surface area contributed by atoms with E-state index < -0.39 is 0 Å². The fourth-order valence-corrected chi connectivity index (χ4v) is 0.370. The molecule has 0 atom stereocenters. The Bertz CT molecular complexity index is 143. The lowest BCUT2D eigenvalue weighted by molar-refractivity contribution is 0.609. The molecule has 0 fully saturated rings. The van der Waals surface area contributed by atoms with Gasteiger partial charge in [0.1, 0.15) is 6.20 Å². The second-order valence-corrected chi connectivity index (χ2v) is 1.62. The van der Waals surface area contributed by atoms with Gasteiger partial charge in [-0.3, -0.25) is 0 Å². The van der Waals surface area contributed by atoms with Crippen LogP contribution in [0, 0.1) is 6.20 Å².